The standard InChI is InChI=1S/C15H21N3O2/c1-3-18(9-10(2)14(16)17-20)15(19)13-8-11-6-4-5-7-12(11)13/h4-7,10,13,20H,3,8-9H2,1-2H3,(H2,16,17). The second-order valence-electron chi connectivity index (χ2n) is 5.26. The Hall–Kier alpha value is -2.04. The van der Waals surface area contributed by atoms with Gasteiger partial charge in [-0.15, -0.1) is 0 Å². The van der Waals surface area contributed by atoms with Crippen LogP contribution in [0.5, 0.6) is 0 Å². The van der Waals surface area contributed by atoms with Gasteiger partial charge in [-0.1, -0.05) is 36.3 Å². The highest BCUT2D eigenvalue weighted by Crippen LogP contribution is 2.36. The summed E-state index contributed by atoms with van der Waals surface area (Å²) < 4.78 is 0. The van der Waals surface area contributed by atoms with Crippen molar-refractivity contribution in [3.63, 3.8) is 0 Å². The second kappa shape index (κ2) is 5.94. The van der Waals surface area contributed by atoms with E-state index in [1.807, 2.05) is 32.0 Å². The number of amidine groups is 1. The predicted octanol–water partition coefficient (Wildman–Crippen LogP) is 1.56. The zero-order chi connectivity index (χ0) is 14.7. The molecule has 2 unspecified atom stereocenters. The molecule has 0 spiro atoms. The number of fused-ring (bicyclic) bond motifs is 1. The van der Waals surface area contributed by atoms with Crippen molar-refractivity contribution < 1.29 is 10.0 Å². The minimum atomic E-state index is -0.153. The van der Waals surface area contributed by atoms with Gasteiger partial charge in [-0.2, -0.15) is 0 Å². The summed E-state index contributed by atoms with van der Waals surface area (Å²) in [4.78, 5) is 14.3. The highest BCUT2D eigenvalue weighted by molar-refractivity contribution is 5.88. The van der Waals surface area contributed by atoms with Crippen LogP contribution in [0.1, 0.15) is 30.9 Å². The Morgan fingerprint density at radius 3 is 2.85 bits per heavy atom. The average Bonchev–Trinajstić information content (AvgIpc) is 2.44. The molecular formula is C15H21N3O2. The van der Waals surface area contributed by atoms with E-state index in [4.69, 9.17) is 10.9 Å². The average molecular weight is 275 g/mol. The molecule has 2 rings (SSSR count). The first-order valence-electron chi connectivity index (χ1n) is 6.92. The number of oxime groups is 1. The Balaban J connectivity index is 2.04. The highest BCUT2D eigenvalue weighted by Gasteiger charge is 2.34. The molecule has 5 heteroatoms. The van der Waals surface area contributed by atoms with Crippen molar-refractivity contribution in [3.05, 3.63) is 35.4 Å². The van der Waals surface area contributed by atoms with Gasteiger partial charge in [-0.25, -0.2) is 0 Å². The maximum absolute atomic E-state index is 12.5. The van der Waals surface area contributed by atoms with E-state index in [2.05, 4.69) is 11.2 Å². The van der Waals surface area contributed by atoms with Crippen LogP contribution in [0.25, 0.3) is 0 Å². The Morgan fingerprint density at radius 1 is 1.55 bits per heavy atom. The van der Waals surface area contributed by atoms with Crippen LogP contribution in [0.4, 0.5) is 0 Å². The lowest BCUT2D eigenvalue weighted by molar-refractivity contribution is -0.133. The lowest BCUT2D eigenvalue weighted by atomic mass is 9.77. The summed E-state index contributed by atoms with van der Waals surface area (Å²) in [6, 6.07) is 8.04. The van der Waals surface area contributed by atoms with Gasteiger partial charge < -0.3 is 15.8 Å². The van der Waals surface area contributed by atoms with Crippen LogP contribution in [0.2, 0.25) is 0 Å². The number of nitrogens with zero attached hydrogens (tertiary/aromatic N) is 2. The van der Waals surface area contributed by atoms with E-state index in [1.165, 1.54) is 5.56 Å². The van der Waals surface area contributed by atoms with Gasteiger partial charge in [0.15, 0.2) is 0 Å². The molecule has 0 heterocycles. The molecule has 0 fully saturated rings. The molecule has 0 saturated carbocycles. The highest BCUT2D eigenvalue weighted by atomic mass is 16.4. The van der Waals surface area contributed by atoms with Crippen LogP contribution in [-0.4, -0.2) is 34.9 Å². The summed E-state index contributed by atoms with van der Waals surface area (Å²) in [6.07, 6.45) is 0.809. The SMILES string of the molecule is CCN(CC(C)C(N)=NO)C(=O)C1Cc2ccccc21. The molecule has 0 saturated heterocycles. The number of likely N-dealkylation sites (N-methyl/N-ethyl adjacent to an activating group) is 1. The van der Waals surface area contributed by atoms with Crippen molar-refractivity contribution in [2.45, 2.75) is 26.2 Å². The molecule has 2 atom stereocenters. The van der Waals surface area contributed by atoms with Crippen LogP contribution in [0.15, 0.2) is 29.4 Å². The molecular weight excluding hydrogens is 254 g/mol. The molecule has 1 aliphatic rings. The number of benzene rings is 1. The molecule has 5 nitrogen and oxygen atoms in total. The Bertz CT molecular complexity index is 528. The lowest BCUT2D eigenvalue weighted by Gasteiger charge is -2.34. The summed E-state index contributed by atoms with van der Waals surface area (Å²) >= 11 is 0. The first-order valence-corrected chi connectivity index (χ1v) is 6.92. The van der Waals surface area contributed by atoms with Crippen LogP contribution in [0.3, 0.4) is 0 Å². The maximum Gasteiger partial charge on any atom is 0.230 e. The van der Waals surface area contributed by atoms with Crippen molar-refractivity contribution in [2.75, 3.05) is 13.1 Å². The summed E-state index contributed by atoms with van der Waals surface area (Å²) in [5.41, 5.74) is 7.97. The molecule has 0 aliphatic heterocycles. The van der Waals surface area contributed by atoms with E-state index in [0.29, 0.717) is 13.1 Å². The van der Waals surface area contributed by atoms with Crippen LogP contribution in [0, 0.1) is 5.92 Å². The fourth-order valence-electron chi connectivity index (χ4n) is 2.60. The molecule has 1 aliphatic carbocycles. The van der Waals surface area contributed by atoms with Crippen molar-refractivity contribution in [1.82, 2.24) is 4.90 Å². The van der Waals surface area contributed by atoms with Crippen LogP contribution < -0.4 is 5.73 Å². The summed E-state index contributed by atoms with van der Waals surface area (Å²) in [7, 11) is 0. The van der Waals surface area contributed by atoms with E-state index in [0.717, 1.165) is 12.0 Å². The summed E-state index contributed by atoms with van der Waals surface area (Å²) in [6.45, 7) is 4.89. The minimum Gasteiger partial charge on any atom is -0.409 e. The number of hydrogen-bond donors (Lipinski definition) is 2. The molecule has 1 aromatic rings. The van der Waals surface area contributed by atoms with Gasteiger partial charge in [-0.3, -0.25) is 4.79 Å². The number of carbonyl (C=O) groups is 1. The largest absolute Gasteiger partial charge is 0.409 e. The van der Waals surface area contributed by atoms with Gasteiger partial charge in [0, 0.05) is 19.0 Å². The first-order chi connectivity index (χ1) is 9.58. The molecule has 1 amide bonds. The zero-order valence-electron chi connectivity index (χ0n) is 11.9. The summed E-state index contributed by atoms with van der Waals surface area (Å²) in [5, 5.41) is 11.7. The zero-order valence-corrected chi connectivity index (χ0v) is 11.9. The van der Waals surface area contributed by atoms with E-state index >= 15 is 0 Å². The van der Waals surface area contributed by atoms with Gasteiger partial charge in [0.2, 0.25) is 5.91 Å². The fourth-order valence-corrected chi connectivity index (χ4v) is 2.60. The van der Waals surface area contributed by atoms with Crippen LogP contribution in [-0.2, 0) is 11.2 Å². The van der Waals surface area contributed by atoms with Gasteiger partial charge >= 0.3 is 0 Å². The van der Waals surface area contributed by atoms with Gasteiger partial charge in [0.1, 0.15) is 5.84 Å². The molecule has 0 aromatic heterocycles. The Kier molecular flexibility index (Phi) is 4.27. The monoisotopic (exact) mass is 275 g/mol. The number of carbonyl (C=O) groups excluding carboxylic acids is 1. The van der Waals surface area contributed by atoms with Gasteiger partial charge in [-0.05, 0) is 24.5 Å². The van der Waals surface area contributed by atoms with E-state index < -0.39 is 0 Å². The first kappa shape index (κ1) is 14.4. The summed E-state index contributed by atoms with van der Waals surface area (Å²) in [5.74, 6) is 0.0962. The van der Waals surface area contributed by atoms with Crippen LogP contribution >= 0.6 is 0 Å². The number of rotatable bonds is 5. The van der Waals surface area contributed by atoms with Gasteiger partial charge in [0.05, 0.1) is 5.92 Å². The van der Waals surface area contributed by atoms with Crippen molar-refractivity contribution >= 4 is 11.7 Å². The van der Waals surface area contributed by atoms with Crippen molar-refractivity contribution in [2.24, 2.45) is 16.8 Å². The number of hydrogen-bond acceptors (Lipinski definition) is 3. The topological polar surface area (TPSA) is 78.9 Å². The van der Waals surface area contributed by atoms with E-state index in [-0.39, 0.29) is 23.6 Å². The lowest BCUT2D eigenvalue weighted by Crippen LogP contribution is -2.43. The molecule has 3 N–H and O–H groups in total. The smallest absolute Gasteiger partial charge is 0.230 e. The third-order valence-electron chi connectivity index (χ3n) is 3.96. The predicted molar refractivity (Wildman–Crippen MR) is 77.7 cm³/mol. The Morgan fingerprint density at radius 2 is 2.25 bits per heavy atom. The molecule has 108 valence electrons. The number of amides is 1. The number of nitrogens with two attached hydrogens (primary N) is 1. The van der Waals surface area contributed by atoms with E-state index in [9.17, 15) is 4.79 Å². The molecule has 0 radical (unpaired) electrons. The maximum atomic E-state index is 12.5. The minimum absolute atomic E-state index is 0.0364. The van der Waals surface area contributed by atoms with Gasteiger partial charge in [0.25, 0.3) is 0 Å². The van der Waals surface area contributed by atoms with Crippen molar-refractivity contribution in [3.8, 4) is 0 Å². The second-order valence-corrected chi connectivity index (χ2v) is 5.26. The third-order valence-corrected chi connectivity index (χ3v) is 3.96. The quantitative estimate of drug-likeness (QED) is 0.370. The molecule has 20 heavy (non-hydrogen) atoms. The third kappa shape index (κ3) is 2.61. The molecule has 1 aromatic carbocycles. The normalized spacial score (nSPS) is 18.9. The van der Waals surface area contributed by atoms with E-state index in [1.54, 1.807) is 4.90 Å². The fraction of sp³-hybridized carbons (Fsp3) is 0.467. The Labute approximate surface area is 119 Å². The van der Waals surface area contributed by atoms with Crippen molar-refractivity contribution in [1.29, 1.82) is 0 Å². The molecule has 0 bridgehead atoms.